The minimum atomic E-state index is 0.824. The van der Waals surface area contributed by atoms with Crippen molar-refractivity contribution in [1.82, 2.24) is 20.4 Å². The number of guanidine groups is 1. The van der Waals surface area contributed by atoms with Crippen LogP contribution in [0.1, 0.15) is 13.3 Å². The van der Waals surface area contributed by atoms with Gasteiger partial charge in [-0.3, -0.25) is 9.67 Å². The Balaban J connectivity index is 2.17. The summed E-state index contributed by atoms with van der Waals surface area (Å²) in [6, 6.07) is 1.92. The van der Waals surface area contributed by atoms with Gasteiger partial charge >= 0.3 is 0 Å². The molecule has 0 atom stereocenters. The highest BCUT2D eigenvalue weighted by molar-refractivity contribution is 5.79. The van der Waals surface area contributed by atoms with Gasteiger partial charge in [-0.1, -0.05) is 6.92 Å². The molecule has 0 saturated carbocycles. The van der Waals surface area contributed by atoms with Gasteiger partial charge < -0.3 is 10.6 Å². The van der Waals surface area contributed by atoms with Crippen molar-refractivity contribution in [2.24, 2.45) is 4.99 Å². The summed E-state index contributed by atoms with van der Waals surface area (Å²) in [6.45, 7) is 4.75. The Hall–Kier alpha value is -1.52. The van der Waals surface area contributed by atoms with Crippen molar-refractivity contribution in [2.45, 2.75) is 19.9 Å². The van der Waals surface area contributed by atoms with Crippen molar-refractivity contribution in [3.8, 4) is 0 Å². The summed E-state index contributed by atoms with van der Waals surface area (Å²) in [5.41, 5.74) is 0. The number of hydrogen-bond donors (Lipinski definition) is 2. The molecule has 0 aliphatic heterocycles. The van der Waals surface area contributed by atoms with Crippen molar-refractivity contribution >= 4 is 5.96 Å². The number of hydrogen-bond acceptors (Lipinski definition) is 2. The average Bonchev–Trinajstić information content (AvgIpc) is 2.76. The summed E-state index contributed by atoms with van der Waals surface area (Å²) in [7, 11) is 1.78. The Kier molecular flexibility index (Phi) is 5.29. The van der Waals surface area contributed by atoms with E-state index in [0.29, 0.717) is 0 Å². The zero-order chi connectivity index (χ0) is 10.9. The smallest absolute Gasteiger partial charge is 0.191 e. The van der Waals surface area contributed by atoms with Crippen molar-refractivity contribution in [3.05, 3.63) is 18.5 Å². The molecule has 0 spiro atoms. The largest absolute Gasteiger partial charge is 0.356 e. The molecule has 0 aliphatic carbocycles. The normalized spacial score (nSPS) is 11.5. The van der Waals surface area contributed by atoms with E-state index in [9.17, 15) is 0 Å². The summed E-state index contributed by atoms with van der Waals surface area (Å²) in [5.74, 6) is 0.851. The quantitative estimate of drug-likeness (QED) is 0.547. The fourth-order valence-corrected chi connectivity index (χ4v) is 1.19. The van der Waals surface area contributed by atoms with Crippen molar-refractivity contribution in [2.75, 3.05) is 20.1 Å². The van der Waals surface area contributed by atoms with Gasteiger partial charge in [0.25, 0.3) is 0 Å². The van der Waals surface area contributed by atoms with Crippen LogP contribution in [0.25, 0.3) is 0 Å². The van der Waals surface area contributed by atoms with Crippen LogP contribution in [0, 0.1) is 0 Å². The fraction of sp³-hybridized carbons (Fsp3) is 0.600. The summed E-state index contributed by atoms with van der Waals surface area (Å²) in [4.78, 5) is 4.11. The molecule has 1 aromatic heterocycles. The lowest BCUT2D eigenvalue weighted by molar-refractivity contribution is 0.597. The van der Waals surface area contributed by atoms with E-state index >= 15 is 0 Å². The SMILES string of the molecule is CCCNC(=NC)NCCn1cccn1. The molecule has 5 nitrogen and oxygen atoms in total. The Labute approximate surface area is 90.6 Å². The van der Waals surface area contributed by atoms with Crippen LogP contribution >= 0.6 is 0 Å². The van der Waals surface area contributed by atoms with Crippen LogP contribution in [0.2, 0.25) is 0 Å². The first-order valence-corrected chi connectivity index (χ1v) is 5.28. The second-order valence-electron chi connectivity index (χ2n) is 3.19. The van der Waals surface area contributed by atoms with Gasteiger partial charge in [0.15, 0.2) is 5.96 Å². The number of aromatic nitrogens is 2. The van der Waals surface area contributed by atoms with Gasteiger partial charge in [-0.2, -0.15) is 5.10 Å². The summed E-state index contributed by atoms with van der Waals surface area (Å²) < 4.78 is 1.89. The Morgan fingerprint density at radius 1 is 1.40 bits per heavy atom. The molecule has 0 bridgehead atoms. The summed E-state index contributed by atoms with van der Waals surface area (Å²) in [6.07, 6.45) is 4.83. The third-order valence-electron chi connectivity index (χ3n) is 1.96. The van der Waals surface area contributed by atoms with Gasteiger partial charge in [-0.25, -0.2) is 0 Å². The molecule has 0 aromatic carbocycles. The zero-order valence-electron chi connectivity index (χ0n) is 9.40. The lowest BCUT2D eigenvalue weighted by Gasteiger charge is -2.10. The van der Waals surface area contributed by atoms with Gasteiger partial charge in [0.2, 0.25) is 0 Å². The van der Waals surface area contributed by atoms with E-state index in [1.54, 1.807) is 13.2 Å². The van der Waals surface area contributed by atoms with Gasteiger partial charge in [0, 0.05) is 32.5 Å². The Bertz CT molecular complexity index is 278. The van der Waals surface area contributed by atoms with Crippen molar-refractivity contribution in [3.63, 3.8) is 0 Å². The molecular formula is C10H19N5. The van der Waals surface area contributed by atoms with Crippen LogP contribution in [-0.2, 0) is 6.54 Å². The Morgan fingerprint density at radius 2 is 2.20 bits per heavy atom. The molecule has 0 fully saturated rings. The van der Waals surface area contributed by atoms with Crippen LogP contribution in [0.15, 0.2) is 23.5 Å². The number of rotatable bonds is 5. The first-order valence-electron chi connectivity index (χ1n) is 5.28. The highest BCUT2D eigenvalue weighted by atomic mass is 15.3. The molecule has 0 unspecified atom stereocenters. The zero-order valence-corrected chi connectivity index (χ0v) is 9.40. The maximum absolute atomic E-state index is 4.12. The topological polar surface area (TPSA) is 54.2 Å². The van der Waals surface area contributed by atoms with Crippen LogP contribution < -0.4 is 10.6 Å². The van der Waals surface area contributed by atoms with E-state index in [4.69, 9.17) is 0 Å². The third-order valence-corrected chi connectivity index (χ3v) is 1.96. The van der Waals surface area contributed by atoms with E-state index in [0.717, 1.165) is 32.0 Å². The first kappa shape index (κ1) is 11.6. The maximum atomic E-state index is 4.12. The van der Waals surface area contributed by atoms with E-state index in [1.807, 2.05) is 16.9 Å². The maximum Gasteiger partial charge on any atom is 0.191 e. The van der Waals surface area contributed by atoms with E-state index in [2.05, 4.69) is 27.6 Å². The molecule has 0 saturated heterocycles. The van der Waals surface area contributed by atoms with Gasteiger partial charge in [-0.15, -0.1) is 0 Å². The summed E-state index contributed by atoms with van der Waals surface area (Å²) in [5, 5.41) is 10.5. The molecule has 0 amide bonds. The second kappa shape index (κ2) is 6.86. The predicted octanol–water partition coefficient (Wildman–Crippen LogP) is 0.458. The highest BCUT2D eigenvalue weighted by Crippen LogP contribution is 1.82. The first-order chi connectivity index (χ1) is 7.36. The second-order valence-corrected chi connectivity index (χ2v) is 3.19. The third kappa shape index (κ3) is 4.49. The molecule has 0 radical (unpaired) electrons. The minimum Gasteiger partial charge on any atom is -0.356 e. The lowest BCUT2D eigenvalue weighted by Crippen LogP contribution is -2.39. The van der Waals surface area contributed by atoms with Crippen LogP contribution in [0.4, 0.5) is 0 Å². The van der Waals surface area contributed by atoms with Crippen molar-refractivity contribution in [1.29, 1.82) is 0 Å². The van der Waals surface area contributed by atoms with Crippen LogP contribution in [0.5, 0.6) is 0 Å². The number of aliphatic imine (C=N–C) groups is 1. The van der Waals surface area contributed by atoms with Crippen LogP contribution in [-0.4, -0.2) is 35.9 Å². The predicted molar refractivity (Wildman–Crippen MR) is 61.9 cm³/mol. The van der Waals surface area contributed by atoms with E-state index < -0.39 is 0 Å². The van der Waals surface area contributed by atoms with Crippen LogP contribution in [0.3, 0.4) is 0 Å². The fourth-order valence-electron chi connectivity index (χ4n) is 1.19. The molecular weight excluding hydrogens is 190 g/mol. The molecule has 0 aliphatic rings. The number of nitrogens with one attached hydrogen (secondary N) is 2. The monoisotopic (exact) mass is 209 g/mol. The van der Waals surface area contributed by atoms with E-state index in [-0.39, 0.29) is 0 Å². The lowest BCUT2D eigenvalue weighted by atomic mass is 10.5. The van der Waals surface area contributed by atoms with Crippen molar-refractivity contribution < 1.29 is 0 Å². The Morgan fingerprint density at radius 3 is 2.80 bits per heavy atom. The van der Waals surface area contributed by atoms with Gasteiger partial charge in [-0.05, 0) is 12.5 Å². The summed E-state index contributed by atoms with van der Waals surface area (Å²) >= 11 is 0. The number of nitrogens with zero attached hydrogens (tertiary/aromatic N) is 3. The minimum absolute atomic E-state index is 0.824. The molecule has 2 N–H and O–H groups in total. The average molecular weight is 209 g/mol. The highest BCUT2D eigenvalue weighted by Gasteiger charge is 1.95. The molecule has 1 rings (SSSR count). The molecule has 1 aromatic rings. The van der Waals surface area contributed by atoms with E-state index in [1.165, 1.54) is 0 Å². The molecule has 15 heavy (non-hydrogen) atoms. The molecule has 84 valence electrons. The van der Waals surface area contributed by atoms with Gasteiger partial charge in [0.05, 0.1) is 6.54 Å². The van der Waals surface area contributed by atoms with Gasteiger partial charge in [0.1, 0.15) is 0 Å². The standard InChI is InChI=1S/C10H19N5/c1-3-5-12-10(11-2)13-7-9-15-8-4-6-14-15/h4,6,8H,3,5,7,9H2,1-2H3,(H2,11,12,13). The molecule has 5 heteroatoms. The molecule has 1 heterocycles.